The van der Waals surface area contributed by atoms with E-state index in [0.717, 1.165) is 0 Å². The first kappa shape index (κ1) is 8.60. The van der Waals surface area contributed by atoms with Crippen LogP contribution in [0.25, 0.3) is 0 Å². The highest BCUT2D eigenvalue weighted by molar-refractivity contribution is 7.83. The van der Waals surface area contributed by atoms with E-state index in [1.807, 2.05) is 0 Å². The van der Waals surface area contributed by atoms with Crippen molar-refractivity contribution in [3.63, 3.8) is 0 Å². The van der Waals surface area contributed by atoms with Gasteiger partial charge in [0, 0.05) is 0 Å². The first-order valence-electron chi connectivity index (χ1n) is 1.71. The molecule has 0 fully saturated rings. The highest BCUT2D eigenvalue weighted by Crippen LogP contribution is 1.92. The summed E-state index contributed by atoms with van der Waals surface area (Å²) < 4.78 is 26.6. The van der Waals surface area contributed by atoms with Crippen LogP contribution in [0.2, 0.25) is 0 Å². The monoisotopic (exact) mass is 167 g/mol. The van der Waals surface area contributed by atoms with E-state index < -0.39 is 19.8 Å². The summed E-state index contributed by atoms with van der Waals surface area (Å²) in [5, 5.41) is 15.7. The minimum absolute atomic E-state index is 0.638. The van der Waals surface area contributed by atoms with Crippen LogP contribution in [-0.2, 0) is 10.3 Å². The molecular formula is CHN3O5S. The minimum atomic E-state index is -5.04. The van der Waals surface area contributed by atoms with Crippen LogP contribution in [-0.4, -0.2) is 22.4 Å². The molecule has 0 saturated heterocycles. The quantitative estimate of drug-likeness (QED) is 0.180. The Labute approximate surface area is 55.3 Å². The van der Waals surface area contributed by atoms with E-state index in [4.69, 9.17) is 9.81 Å². The van der Waals surface area contributed by atoms with Gasteiger partial charge in [-0.05, 0) is 0 Å². The van der Waals surface area contributed by atoms with Crippen molar-refractivity contribution < 1.29 is 18.0 Å². The van der Waals surface area contributed by atoms with Crippen LogP contribution in [0.1, 0.15) is 0 Å². The Morgan fingerprint density at radius 1 is 1.70 bits per heavy atom. The van der Waals surface area contributed by atoms with Gasteiger partial charge in [-0.1, -0.05) is 0 Å². The molecule has 1 N–H and O–H groups in total. The number of nitro groups is 1. The van der Waals surface area contributed by atoms with Gasteiger partial charge in [0.25, 0.3) is 6.19 Å². The molecule has 0 aromatic heterocycles. The molecule has 0 amide bonds. The molecule has 56 valence electrons. The van der Waals surface area contributed by atoms with Crippen LogP contribution >= 0.6 is 0 Å². The Bertz CT molecular complexity index is 272. The normalized spacial score (nSPS) is 10.0. The average Bonchev–Trinajstić information content (AvgIpc) is 1.60. The highest BCUT2D eigenvalue weighted by Gasteiger charge is 2.28. The van der Waals surface area contributed by atoms with E-state index in [0.29, 0.717) is 6.19 Å². The molecule has 0 aliphatic heterocycles. The summed E-state index contributed by atoms with van der Waals surface area (Å²) in [4.78, 5) is 9.55. The van der Waals surface area contributed by atoms with Gasteiger partial charge in [-0.25, -0.2) is 10.1 Å². The molecule has 0 radical (unpaired) electrons. The smallest absolute Gasteiger partial charge is 0.265 e. The van der Waals surface area contributed by atoms with Crippen LogP contribution in [0.4, 0.5) is 0 Å². The zero-order chi connectivity index (χ0) is 8.36. The van der Waals surface area contributed by atoms with Crippen molar-refractivity contribution in [1.29, 1.82) is 5.26 Å². The third-order valence-corrected chi connectivity index (χ3v) is 1.10. The Hall–Kier alpha value is -1.40. The van der Waals surface area contributed by atoms with Crippen molar-refractivity contribution in [3.05, 3.63) is 10.1 Å². The summed E-state index contributed by atoms with van der Waals surface area (Å²) in [5.74, 6) is 0. The first-order chi connectivity index (χ1) is 4.39. The topological polar surface area (TPSA) is 125 Å². The van der Waals surface area contributed by atoms with E-state index in [9.17, 15) is 18.5 Å². The molecule has 0 aliphatic rings. The van der Waals surface area contributed by atoms with Crippen LogP contribution in [0.5, 0.6) is 0 Å². The van der Waals surface area contributed by atoms with Gasteiger partial charge in [0.2, 0.25) is 0 Å². The maximum absolute atomic E-state index is 9.82. The first-order valence-corrected chi connectivity index (χ1v) is 3.11. The summed E-state index contributed by atoms with van der Waals surface area (Å²) in [7, 11) is -5.04. The summed E-state index contributed by atoms with van der Waals surface area (Å²) in [6.07, 6.45) is 0.638. The molecule has 8 nitrogen and oxygen atoms in total. The predicted molar refractivity (Wildman–Crippen MR) is 26.0 cm³/mol. The summed E-state index contributed by atoms with van der Waals surface area (Å²) in [5.41, 5.74) is 0. The van der Waals surface area contributed by atoms with Gasteiger partial charge in [0.1, 0.15) is 4.41 Å². The molecule has 0 saturated carbocycles. The molecule has 0 rings (SSSR count). The van der Waals surface area contributed by atoms with Crippen LogP contribution in [0, 0.1) is 21.6 Å². The second-order valence-corrected chi connectivity index (χ2v) is 2.30. The van der Waals surface area contributed by atoms with Crippen molar-refractivity contribution in [2.75, 3.05) is 0 Å². The Morgan fingerprint density at radius 2 is 2.10 bits per heavy atom. The fourth-order valence-electron chi connectivity index (χ4n) is 0.172. The number of rotatable bonds is 2. The van der Waals surface area contributed by atoms with E-state index in [1.54, 1.807) is 0 Å². The van der Waals surface area contributed by atoms with E-state index in [-0.39, 0.29) is 0 Å². The lowest BCUT2D eigenvalue weighted by Crippen LogP contribution is -2.30. The summed E-state index contributed by atoms with van der Waals surface area (Å²) >= 11 is 0. The third kappa shape index (κ3) is 1.84. The fraction of sp³-hybridized carbons (Fsp3) is 0. The molecule has 0 spiro atoms. The van der Waals surface area contributed by atoms with Gasteiger partial charge < -0.3 is 0 Å². The zero-order valence-electron chi connectivity index (χ0n) is 4.33. The van der Waals surface area contributed by atoms with Crippen LogP contribution < -0.4 is 0 Å². The number of nitrogens with zero attached hydrogens (tertiary/aromatic N) is 3. The summed E-state index contributed by atoms with van der Waals surface area (Å²) in [6.45, 7) is 0. The molecular weight excluding hydrogens is 166 g/mol. The molecule has 9 heteroatoms. The second-order valence-electron chi connectivity index (χ2n) is 1.06. The van der Waals surface area contributed by atoms with E-state index in [2.05, 4.69) is 0 Å². The fourth-order valence-corrected chi connectivity index (χ4v) is 0.444. The number of hydrazine groups is 1. The predicted octanol–water partition coefficient (Wildman–Crippen LogP) is -1.24. The zero-order valence-corrected chi connectivity index (χ0v) is 5.15. The molecule has 0 unspecified atom stereocenters. The summed E-state index contributed by atoms with van der Waals surface area (Å²) in [6, 6.07) is 0. The van der Waals surface area contributed by atoms with Gasteiger partial charge >= 0.3 is 10.3 Å². The van der Waals surface area contributed by atoms with Gasteiger partial charge in [0.05, 0.1) is 0 Å². The van der Waals surface area contributed by atoms with Crippen molar-refractivity contribution in [1.82, 2.24) is 4.41 Å². The highest BCUT2D eigenvalue weighted by atomic mass is 32.2. The average molecular weight is 167 g/mol. The van der Waals surface area contributed by atoms with Crippen LogP contribution in [0.3, 0.4) is 0 Å². The molecule has 0 aromatic rings. The Balaban J connectivity index is 4.78. The molecule has 0 bridgehead atoms. The third-order valence-electron chi connectivity index (χ3n) is 0.452. The maximum Gasteiger partial charge on any atom is 0.424 e. The van der Waals surface area contributed by atoms with E-state index >= 15 is 0 Å². The van der Waals surface area contributed by atoms with E-state index in [1.165, 1.54) is 0 Å². The SMILES string of the molecule is N#CN([N+](=O)[O-])S(=O)(=O)O. The lowest BCUT2D eigenvalue weighted by Gasteiger charge is -1.96. The van der Waals surface area contributed by atoms with Gasteiger partial charge in [-0.3, -0.25) is 4.55 Å². The standard InChI is InChI=1S/CHN3O5S/c2-1-3(4(5)6)10(7,8)9/h(H,7,8,9). The van der Waals surface area contributed by atoms with Crippen molar-refractivity contribution in [2.45, 2.75) is 0 Å². The Morgan fingerprint density at radius 3 is 2.10 bits per heavy atom. The molecule has 0 atom stereocenters. The number of hydrogen-bond donors (Lipinski definition) is 1. The molecule has 0 aliphatic carbocycles. The molecule has 0 aromatic carbocycles. The maximum atomic E-state index is 9.82. The number of nitriles is 1. The van der Waals surface area contributed by atoms with Gasteiger partial charge in [-0.2, -0.15) is 13.7 Å². The second kappa shape index (κ2) is 2.46. The number of hydrogen-bond acceptors (Lipinski definition) is 5. The largest absolute Gasteiger partial charge is 0.424 e. The van der Waals surface area contributed by atoms with Crippen LogP contribution in [0.15, 0.2) is 0 Å². The lowest BCUT2D eigenvalue weighted by atomic mass is 11.4. The molecule has 0 heterocycles. The van der Waals surface area contributed by atoms with Gasteiger partial charge in [-0.15, -0.1) is 0 Å². The van der Waals surface area contributed by atoms with Crippen molar-refractivity contribution in [2.24, 2.45) is 0 Å². The molecule has 10 heavy (non-hydrogen) atoms. The Kier molecular flexibility index (Phi) is 2.12. The van der Waals surface area contributed by atoms with Gasteiger partial charge in [0.15, 0.2) is 5.03 Å². The van der Waals surface area contributed by atoms with Crippen molar-refractivity contribution >= 4 is 10.3 Å². The van der Waals surface area contributed by atoms with Crippen molar-refractivity contribution in [3.8, 4) is 6.19 Å². The lowest BCUT2D eigenvalue weighted by molar-refractivity contribution is -0.603. The minimum Gasteiger partial charge on any atom is -0.265 e.